The fraction of sp³-hybridized carbons (Fsp3) is 0.643. The minimum atomic E-state index is -1.64. The Bertz CT molecular complexity index is 393. The Labute approximate surface area is 132 Å². The molecule has 0 N–H and O–H groups in total. The molecule has 7 nitrogen and oxygen atoms in total. The number of ether oxygens (including phenoxy) is 2. The number of esters is 2. The molecule has 3 radical (unpaired) electrons. The minimum absolute atomic E-state index is 0.151. The molecule has 2 unspecified atom stereocenters. The Kier molecular flexibility index (Phi) is 8.92. The first-order chi connectivity index (χ1) is 10.1. The van der Waals surface area contributed by atoms with Crippen LogP contribution in [0.4, 0.5) is 0 Å². The monoisotopic (exact) mass is 330 g/mol. The number of carbonyl (C=O) groups is 2. The van der Waals surface area contributed by atoms with Crippen molar-refractivity contribution in [2.75, 3.05) is 13.7 Å². The lowest BCUT2D eigenvalue weighted by Crippen LogP contribution is -2.40. The molecule has 0 amide bonds. The van der Waals surface area contributed by atoms with E-state index in [0.29, 0.717) is 0 Å². The van der Waals surface area contributed by atoms with E-state index in [1.165, 1.54) is 20.0 Å². The van der Waals surface area contributed by atoms with Crippen LogP contribution < -0.4 is 0 Å². The van der Waals surface area contributed by atoms with Gasteiger partial charge in [0.05, 0.1) is 26.1 Å². The predicted molar refractivity (Wildman–Crippen MR) is 84.0 cm³/mol. The summed E-state index contributed by atoms with van der Waals surface area (Å²) in [7, 11) is -0.224. The first kappa shape index (κ1) is 20.6. The molecule has 0 rings (SSSR count). The van der Waals surface area contributed by atoms with Crippen molar-refractivity contribution in [2.24, 2.45) is 5.92 Å². The molecule has 22 heavy (non-hydrogen) atoms. The summed E-state index contributed by atoms with van der Waals surface area (Å²) in [6.07, 6.45) is 2.39. The molecule has 0 heterocycles. The van der Waals surface area contributed by atoms with Gasteiger partial charge < -0.3 is 9.47 Å². The molecule has 0 spiro atoms. The molecular weight excluding hydrogens is 306 g/mol. The van der Waals surface area contributed by atoms with Crippen LogP contribution in [0.3, 0.4) is 0 Å². The number of rotatable bonds is 10. The van der Waals surface area contributed by atoms with Crippen LogP contribution in [0.1, 0.15) is 6.42 Å². The molecule has 0 aromatic heterocycles. The van der Waals surface area contributed by atoms with Crippen molar-refractivity contribution in [1.82, 2.24) is 0 Å². The van der Waals surface area contributed by atoms with Crippen LogP contribution in [0.2, 0.25) is 25.7 Å². The summed E-state index contributed by atoms with van der Waals surface area (Å²) in [5.41, 5.74) is 0. The lowest BCUT2D eigenvalue weighted by molar-refractivity contribution is -0.518. The van der Waals surface area contributed by atoms with Crippen LogP contribution in [-0.4, -0.2) is 44.7 Å². The molecule has 0 saturated carbocycles. The molecule has 0 fully saturated rings. The smallest absolute Gasteiger partial charge is 0.381 e. The summed E-state index contributed by atoms with van der Waals surface area (Å²) in [4.78, 5) is 33.8. The van der Waals surface area contributed by atoms with Gasteiger partial charge in [0.1, 0.15) is 0 Å². The molecule has 0 aliphatic carbocycles. The van der Waals surface area contributed by atoms with Gasteiger partial charge in [0.15, 0.2) is 0 Å². The summed E-state index contributed by atoms with van der Waals surface area (Å²) in [6.45, 7) is 9.93. The van der Waals surface area contributed by atoms with E-state index in [-0.39, 0.29) is 13.0 Å². The Hall–Kier alpha value is -1.44. The fourth-order valence-electron chi connectivity index (χ4n) is 1.70. The Morgan fingerprint density at radius 2 is 1.95 bits per heavy atom. The largest absolute Gasteiger partial charge is 0.469 e. The van der Waals surface area contributed by atoms with E-state index in [4.69, 9.17) is 4.74 Å². The van der Waals surface area contributed by atoms with Crippen molar-refractivity contribution in [2.45, 2.75) is 38.1 Å². The molecule has 0 aliphatic heterocycles. The van der Waals surface area contributed by atoms with E-state index < -0.39 is 36.9 Å². The van der Waals surface area contributed by atoms with E-state index in [1.54, 1.807) is 0 Å². The SMILES string of the molecule is [CH2][CH][CH]C(CC(=O)OC)C(C(=O)OCC[Si](C)(C)C)[N+](=O)[O-]. The third-order valence-corrected chi connectivity index (χ3v) is 4.69. The zero-order valence-corrected chi connectivity index (χ0v) is 14.5. The summed E-state index contributed by atoms with van der Waals surface area (Å²) in [5.74, 6) is -2.51. The van der Waals surface area contributed by atoms with Gasteiger partial charge in [-0.05, 0) is 25.8 Å². The average Bonchev–Trinajstić information content (AvgIpc) is 2.36. The van der Waals surface area contributed by atoms with Crippen LogP contribution in [0, 0.1) is 35.8 Å². The second kappa shape index (κ2) is 9.55. The zero-order chi connectivity index (χ0) is 17.3. The van der Waals surface area contributed by atoms with Crippen molar-refractivity contribution in [1.29, 1.82) is 0 Å². The first-order valence-electron chi connectivity index (χ1n) is 6.95. The normalized spacial score (nSPS) is 14.0. The first-order valence-corrected chi connectivity index (χ1v) is 10.7. The second-order valence-corrected chi connectivity index (χ2v) is 11.7. The van der Waals surface area contributed by atoms with Gasteiger partial charge in [0, 0.05) is 13.0 Å². The van der Waals surface area contributed by atoms with Gasteiger partial charge in [-0.1, -0.05) is 19.6 Å². The van der Waals surface area contributed by atoms with Crippen molar-refractivity contribution < 1.29 is 24.0 Å². The maximum atomic E-state index is 12.0. The lowest BCUT2D eigenvalue weighted by Gasteiger charge is -2.19. The van der Waals surface area contributed by atoms with Crippen LogP contribution in [-0.2, 0) is 19.1 Å². The molecule has 0 aromatic carbocycles. The molecule has 0 saturated heterocycles. The molecule has 0 aromatic rings. The highest BCUT2D eigenvalue weighted by Gasteiger charge is 2.41. The molecule has 2 atom stereocenters. The highest BCUT2D eigenvalue weighted by atomic mass is 28.3. The fourth-order valence-corrected chi connectivity index (χ4v) is 2.41. The molecule has 0 aliphatic rings. The van der Waals surface area contributed by atoms with E-state index in [2.05, 4.69) is 31.3 Å². The number of carbonyl (C=O) groups excluding carboxylic acids is 2. The van der Waals surface area contributed by atoms with E-state index in [1.807, 2.05) is 0 Å². The van der Waals surface area contributed by atoms with Gasteiger partial charge in [-0.3, -0.25) is 14.9 Å². The molecule has 125 valence electrons. The van der Waals surface area contributed by atoms with Crippen molar-refractivity contribution in [3.8, 4) is 0 Å². The van der Waals surface area contributed by atoms with Crippen molar-refractivity contribution in [3.63, 3.8) is 0 Å². The van der Waals surface area contributed by atoms with Crippen LogP contribution in [0.25, 0.3) is 0 Å². The van der Waals surface area contributed by atoms with E-state index in [0.717, 1.165) is 6.04 Å². The number of methoxy groups -OCH3 is 1. The number of nitrogens with zero attached hydrogens (tertiary/aromatic N) is 1. The number of hydrogen-bond acceptors (Lipinski definition) is 6. The van der Waals surface area contributed by atoms with Gasteiger partial charge in [0.25, 0.3) is 0 Å². The third kappa shape index (κ3) is 8.11. The van der Waals surface area contributed by atoms with Gasteiger partial charge in [-0.15, -0.1) is 0 Å². The second-order valence-electron chi connectivity index (χ2n) is 6.08. The maximum absolute atomic E-state index is 12.0. The Morgan fingerprint density at radius 1 is 1.36 bits per heavy atom. The standard InChI is InChI=1S/C14H24NO6Si/c1-6-7-11(10-12(16)20-2)13(15(18)19)14(17)21-8-9-22(3,4)5/h6-7,11,13H,1,8-10H2,2-5H3. The van der Waals surface area contributed by atoms with Crippen molar-refractivity contribution >= 4 is 20.0 Å². The average molecular weight is 330 g/mol. The zero-order valence-electron chi connectivity index (χ0n) is 13.5. The quantitative estimate of drug-likeness (QED) is 0.263. The lowest BCUT2D eigenvalue weighted by atomic mass is 9.92. The van der Waals surface area contributed by atoms with Crippen LogP contribution in [0.15, 0.2) is 0 Å². The maximum Gasteiger partial charge on any atom is 0.381 e. The van der Waals surface area contributed by atoms with E-state index >= 15 is 0 Å². The number of nitro groups is 1. The van der Waals surface area contributed by atoms with Gasteiger partial charge in [-0.2, -0.15) is 0 Å². The molecule has 8 heteroatoms. The van der Waals surface area contributed by atoms with Crippen LogP contribution >= 0.6 is 0 Å². The van der Waals surface area contributed by atoms with Crippen molar-refractivity contribution in [3.05, 3.63) is 29.9 Å². The number of hydrogen-bond donors (Lipinski definition) is 0. The van der Waals surface area contributed by atoms with Crippen LogP contribution in [0.5, 0.6) is 0 Å². The minimum Gasteiger partial charge on any atom is -0.469 e. The summed E-state index contributed by atoms with van der Waals surface area (Å²) >= 11 is 0. The summed E-state index contributed by atoms with van der Waals surface area (Å²) in [5, 5.41) is 11.2. The van der Waals surface area contributed by atoms with Gasteiger partial charge in [0.2, 0.25) is 0 Å². The Balaban J connectivity index is 4.87. The molecular formula is C14H24NO6Si. The molecule has 0 bridgehead atoms. The highest BCUT2D eigenvalue weighted by Crippen LogP contribution is 2.20. The highest BCUT2D eigenvalue weighted by molar-refractivity contribution is 6.76. The summed E-state index contributed by atoms with van der Waals surface area (Å²) in [6, 6.07) is -0.922. The van der Waals surface area contributed by atoms with Gasteiger partial charge in [-0.25, -0.2) is 4.79 Å². The summed E-state index contributed by atoms with van der Waals surface area (Å²) < 4.78 is 9.53. The van der Waals surface area contributed by atoms with Gasteiger partial charge >= 0.3 is 18.0 Å². The third-order valence-electron chi connectivity index (χ3n) is 2.98. The topological polar surface area (TPSA) is 95.7 Å². The predicted octanol–water partition coefficient (Wildman–Crippen LogP) is 1.94. The van der Waals surface area contributed by atoms with E-state index in [9.17, 15) is 19.7 Å². The Morgan fingerprint density at radius 3 is 2.36 bits per heavy atom.